The van der Waals surface area contributed by atoms with Crippen LogP contribution in [0.2, 0.25) is 0 Å². The Morgan fingerprint density at radius 3 is 2.50 bits per heavy atom. The normalized spacial score (nSPS) is 14.1. The highest BCUT2D eigenvalue weighted by Crippen LogP contribution is 2.32. The molecule has 2 aromatic heterocycles. The molecule has 1 N–H and O–H groups in total. The second-order valence-corrected chi connectivity index (χ2v) is 9.05. The van der Waals surface area contributed by atoms with Gasteiger partial charge in [0.25, 0.3) is 11.8 Å². The van der Waals surface area contributed by atoms with Crippen LogP contribution >= 0.6 is 0 Å². The molecular weight excluding hydrogens is 497 g/mol. The van der Waals surface area contributed by atoms with E-state index in [0.717, 1.165) is 5.56 Å². The maximum Gasteiger partial charge on any atom is 0.257 e. The SMILES string of the molecule is CCOc1c(F)c(F)cc(C(=O)N2CCC(c3ccc(NC(=O)c4cccn5cncc45)cc3)CC2)c1F. The molecule has 3 heterocycles. The maximum absolute atomic E-state index is 14.7. The Morgan fingerprint density at radius 1 is 1.05 bits per heavy atom. The topological polar surface area (TPSA) is 75.9 Å². The van der Waals surface area contributed by atoms with Gasteiger partial charge in [0.05, 0.1) is 35.8 Å². The zero-order chi connectivity index (χ0) is 26.8. The molecule has 4 aromatic rings. The largest absolute Gasteiger partial charge is 0.488 e. The Morgan fingerprint density at radius 2 is 1.79 bits per heavy atom. The highest BCUT2D eigenvalue weighted by Gasteiger charge is 2.30. The summed E-state index contributed by atoms with van der Waals surface area (Å²) in [6, 6.07) is 11.6. The average molecular weight is 523 g/mol. The van der Waals surface area contributed by atoms with Crippen molar-refractivity contribution in [2.45, 2.75) is 25.7 Å². The number of imidazole rings is 1. The summed E-state index contributed by atoms with van der Waals surface area (Å²) in [4.78, 5) is 31.2. The Kier molecular flexibility index (Phi) is 7.04. The van der Waals surface area contributed by atoms with Gasteiger partial charge in [-0.15, -0.1) is 0 Å². The van der Waals surface area contributed by atoms with Crippen LogP contribution in [0.4, 0.5) is 18.9 Å². The maximum atomic E-state index is 14.7. The highest BCUT2D eigenvalue weighted by atomic mass is 19.2. The van der Waals surface area contributed by atoms with Gasteiger partial charge >= 0.3 is 0 Å². The molecule has 0 atom stereocenters. The summed E-state index contributed by atoms with van der Waals surface area (Å²) < 4.78 is 49.3. The lowest BCUT2D eigenvalue weighted by atomic mass is 9.89. The summed E-state index contributed by atoms with van der Waals surface area (Å²) in [7, 11) is 0. The standard InChI is InChI=1S/C28H25F3N4O3/c1-2-38-26-24(30)21(14-22(29)25(26)31)28(37)34-12-9-18(10-13-34)17-5-7-19(8-6-17)33-27(36)20-4-3-11-35-16-32-15-23(20)35/h3-8,11,14-16,18H,2,9-10,12-13H2,1H3,(H,33,36). The van der Waals surface area contributed by atoms with Crippen LogP contribution in [-0.2, 0) is 0 Å². The van der Waals surface area contributed by atoms with E-state index < -0.39 is 34.7 Å². The Hall–Kier alpha value is -4.34. The number of amides is 2. The minimum atomic E-state index is -1.45. The number of aromatic nitrogens is 2. The van der Waals surface area contributed by atoms with Crippen molar-refractivity contribution in [2.75, 3.05) is 25.0 Å². The lowest BCUT2D eigenvalue weighted by molar-refractivity contribution is 0.0706. The molecule has 0 radical (unpaired) electrons. The summed E-state index contributed by atoms with van der Waals surface area (Å²) in [5.41, 5.74) is 2.37. The molecule has 0 saturated carbocycles. The zero-order valence-corrected chi connectivity index (χ0v) is 20.6. The number of pyridine rings is 1. The molecular formula is C28H25F3N4O3. The van der Waals surface area contributed by atoms with E-state index in [4.69, 9.17) is 4.74 Å². The van der Waals surface area contributed by atoms with E-state index in [-0.39, 0.29) is 18.4 Å². The van der Waals surface area contributed by atoms with Crippen LogP contribution in [0.25, 0.3) is 5.52 Å². The number of rotatable bonds is 6. The Bertz CT molecular complexity index is 1500. The fourth-order valence-corrected chi connectivity index (χ4v) is 4.77. The Balaban J connectivity index is 1.22. The van der Waals surface area contributed by atoms with Crippen LogP contribution in [-0.4, -0.2) is 45.8 Å². The third-order valence-corrected chi connectivity index (χ3v) is 6.75. The van der Waals surface area contributed by atoms with Crippen molar-refractivity contribution in [2.24, 2.45) is 0 Å². The van der Waals surface area contributed by atoms with Crippen LogP contribution < -0.4 is 10.1 Å². The van der Waals surface area contributed by atoms with Crippen molar-refractivity contribution >= 4 is 23.0 Å². The molecule has 196 valence electrons. The Labute approximate surface area is 216 Å². The lowest BCUT2D eigenvalue weighted by Gasteiger charge is -2.32. The molecule has 7 nitrogen and oxygen atoms in total. The summed E-state index contributed by atoms with van der Waals surface area (Å²) in [5.74, 6) is -5.64. The van der Waals surface area contributed by atoms with Crippen LogP contribution in [0.3, 0.4) is 0 Å². The van der Waals surface area contributed by atoms with Crippen molar-refractivity contribution < 1.29 is 27.5 Å². The van der Waals surface area contributed by atoms with Crippen LogP contribution in [0.1, 0.15) is 52.0 Å². The molecule has 0 unspecified atom stereocenters. The number of nitrogens with zero attached hydrogens (tertiary/aromatic N) is 3. The highest BCUT2D eigenvalue weighted by molar-refractivity contribution is 6.08. The number of nitrogens with one attached hydrogen (secondary N) is 1. The molecule has 1 aliphatic rings. The molecule has 0 bridgehead atoms. The first-order valence-electron chi connectivity index (χ1n) is 12.3. The van der Waals surface area contributed by atoms with Gasteiger partial charge in [0.1, 0.15) is 0 Å². The smallest absolute Gasteiger partial charge is 0.257 e. The number of piperidine rings is 1. The number of hydrogen-bond acceptors (Lipinski definition) is 4. The minimum absolute atomic E-state index is 0.0698. The summed E-state index contributed by atoms with van der Waals surface area (Å²) in [5, 5.41) is 2.90. The predicted octanol–water partition coefficient (Wildman–Crippen LogP) is 5.42. The molecule has 1 aliphatic heterocycles. The number of hydrogen-bond donors (Lipinski definition) is 1. The van der Waals surface area contributed by atoms with E-state index in [1.54, 1.807) is 29.1 Å². The second-order valence-electron chi connectivity index (χ2n) is 9.05. The second kappa shape index (κ2) is 10.6. The molecule has 1 saturated heterocycles. The van der Waals surface area contributed by atoms with Gasteiger partial charge in [-0.05, 0) is 61.6 Å². The van der Waals surface area contributed by atoms with Gasteiger partial charge in [-0.3, -0.25) is 9.59 Å². The number of anilines is 1. The van der Waals surface area contributed by atoms with Crippen molar-refractivity contribution in [1.29, 1.82) is 0 Å². The molecule has 0 aliphatic carbocycles. The van der Waals surface area contributed by atoms with Crippen LogP contribution in [0.15, 0.2) is 61.2 Å². The summed E-state index contributed by atoms with van der Waals surface area (Å²) >= 11 is 0. The van der Waals surface area contributed by atoms with Gasteiger partial charge in [0.2, 0.25) is 5.82 Å². The van der Waals surface area contributed by atoms with Gasteiger partial charge in [-0.25, -0.2) is 13.8 Å². The molecule has 0 spiro atoms. The van der Waals surface area contributed by atoms with E-state index in [9.17, 15) is 22.8 Å². The van der Waals surface area contributed by atoms with Gasteiger partial charge < -0.3 is 19.4 Å². The predicted molar refractivity (Wildman–Crippen MR) is 135 cm³/mol. The summed E-state index contributed by atoms with van der Waals surface area (Å²) in [6.45, 7) is 2.11. The lowest BCUT2D eigenvalue weighted by Crippen LogP contribution is -2.38. The number of likely N-dealkylation sites (tertiary alicyclic amines) is 1. The van der Waals surface area contributed by atoms with Gasteiger partial charge in [0.15, 0.2) is 17.4 Å². The summed E-state index contributed by atoms with van der Waals surface area (Å²) in [6.07, 6.45) is 6.31. The van der Waals surface area contributed by atoms with Gasteiger partial charge in [0, 0.05) is 25.0 Å². The number of carbonyl (C=O) groups is 2. The van der Waals surface area contributed by atoms with Crippen LogP contribution in [0.5, 0.6) is 5.75 Å². The van der Waals surface area contributed by atoms with Crippen molar-refractivity contribution in [3.8, 4) is 5.75 Å². The van der Waals surface area contributed by atoms with Gasteiger partial charge in [-0.1, -0.05) is 12.1 Å². The number of carbonyl (C=O) groups excluding carboxylic acids is 2. The first-order valence-corrected chi connectivity index (χ1v) is 12.3. The fourth-order valence-electron chi connectivity index (χ4n) is 4.77. The number of fused-ring (bicyclic) bond motifs is 1. The molecule has 1 fully saturated rings. The molecule has 2 amide bonds. The van der Waals surface area contributed by atoms with Gasteiger partial charge in [-0.2, -0.15) is 4.39 Å². The third-order valence-electron chi connectivity index (χ3n) is 6.75. The average Bonchev–Trinajstić information content (AvgIpc) is 3.42. The first-order chi connectivity index (χ1) is 18.4. The minimum Gasteiger partial charge on any atom is -0.488 e. The molecule has 38 heavy (non-hydrogen) atoms. The van der Waals surface area contributed by atoms with Crippen molar-refractivity contribution in [3.05, 3.63) is 95.3 Å². The quantitative estimate of drug-likeness (QED) is 0.343. The van der Waals surface area contributed by atoms with Crippen molar-refractivity contribution in [1.82, 2.24) is 14.3 Å². The number of halogens is 3. The first kappa shape index (κ1) is 25.3. The molecule has 2 aromatic carbocycles. The van der Waals surface area contributed by atoms with E-state index in [1.165, 1.54) is 11.8 Å². The number of ether oxygens (including phenoxy) is 1. The fraction of sp³-hybridized carbons (Fsp3) is 0.250. The van der Waals surface area contributed by atoms with E-state index in [0.29, 0.717) is 48.8 Å². The third kappa shape index (κ3) is 4.81. The molecule has 5 rings (SSSR count). The zero-order valence-electron chi connectivity index (χ0n) is 20.6. The monoisotopic (exact) mass is 522 g/mol. The van der Waals surface area contributed by atoms with E-state index in [2.05, 4.69) is 10.3 Å². The van der Waals surface area contributed by atoms with E-state index in [1.807, 2.05) is 30.5 Å². The van der Waals surface area contributed by atoms with E-state index >= 15 is 0 Å². The van der Waals surface area contributed by atoms with Crippen molar-refractivity contribution in [3.63, 3.8) is 0 Å². The molecule has 10 heteroatoms. The van der Waals surface area contributed by atoms with Crippen LogP contribution in [0, 0.1) is 17.5 Å². The number of benzene rings is 2.